The van der Waals surface area contributed by atoms with Crippen LogP contribution in [0.3, 0.4) is 0 Å². The van der Waals surface area contributed by atoms with Crippen LogP contribution in [-0.2, 0) is 19.1 Å². The number of hydrogen-bond donors (Lipinski definition) is 7. The fourth-order valence-corrected chi connectivity index (χ4v) is 11.4. The van der Waals surface area contributed by atoms with Crippen molar-refractivity contribution in [3.63, 3.8) is 0 Å². The summed E-state index contributed by atoms with van der Waals surface area (Å²) in [4.78, 5) is 27.7. The highest BCUT2D eigenvalue weighted by Crippen LogP contribution is 2.64. The fraction of sp³-hybridized carbons (Fsp3) is 0.833. The van der Waals surface area contributed by atoms with Crippen molar-refractivity contribution in [2.75, 3.05) is 13.2 Å². The van der Waals surface area contributed by atoms with Gasteiger partial charge in [-0.1, -0.05) is 30.9 Å². The third-order valence-electron chi connectivity index (χ3n) is 13.6. The minimum atomic E-state index is -2.06. The molecule has 0 bridgehead atoms. The number of Topliss-reactive ketones (excluding diaryl/α,β-unsaturated/α-hetero) is 2. The van der Waals surface area contributed by atoms with E-state index in [2.05, 4.69) is 5.32 Å². The van der Waals surface area contributed by atoms with E-state index in [9.17, 15) is 35.1 Å². The van der Waals surface area contributed by atoms with Crippen molar-refractivity contribution in [1.29, 1.82) is 0 Å². The molecule has 47 heavy (non-hydrogen) atoms. The third-order valence-corrected chi connectivity index (χ3v) is 13.6. The molecule has 11 nitrogen and oxygen atoms in total. The van der Waals surface area contributed by atoms with Crippen LogP contribution in [0.5, 0.6) is 0 Å². The SMILES string of the molecule is CC1=CC2C(=O)C3CCCC(OC4OC(CO)C(O)C(O)(CC5(C6CCNC(N)C6)CCC6(CCCC6)C5)C4O)C3C(=O)C2C(O)=C1. The zero-order valence-electron chi connectivity index (χ0n) is 27.6. The first-order valence-corrected chi connectivity index (χ1v) is 18.1. The van der Waals surface area contributed by atoms with E-state index >= 15 is 0 Å². The molecule has 6 fully saturated rings. The highest BCUT2D eigenvalue weighted by atomic mass is 16.7. The lowest BCUT2D eigenvalue weighted by Gasteiger charge is -2.54. The number of hydrogen-bond acceptors (Lipinski definition) is 11. The van der Waals surface area contributed by atoms with Gasteiger partial charge in [0.2, 0.25) is 0 Å². The summed E-state index contributed by atoms with van der Waals surface area (Å²) in [6.45, 7) is 1.95. The molecule has 13 unspecified atom stereocenters. The van der Waals surface area contributed by atoms with Gasteiger partial charge in [0, 0.05) is 5.92 Å². The molecule has 8 N–H and O–H groups in total. The monoisotopic (exact) mass is 658 g/mol. The molecule has 262 valence electrons. The Labute approximate surface area is 277 Å². The Morgan fingerprint density at radius 3 is 2.53 bits per heavy atom. The number of aliphatic hydroxyl groups excluding tert-OH is 4. The van der Waals surface area contributed by atoms with Gasteiger partial charge in [0.1, 0.15) is 35.5 Å². The average molecular weight is 659 g/mol. The van der Waals surface area contributed by atoms with Gasteiger partial charge >= 0.3 is 0 Å². The van der Waals surface area contributed by atoms with E-state index in [4.69, 9.17) is 15.2 Å². The number of nitrogens with one attached hydrogen (secondary N) is 1. The topological polar surface area (TPSA) is 192 Å². The quantitative estimate of drug-likeness (QED) is 0.221. The molecule has 2 heterocycles. The number of ether oxygens (including phenoxy) is 2. The molecule has 4 saturated carbocycles. The van der Waals surface area contributed by atoms with Crippen molar-refractivity contribution in [3.05, 3.63) is 23.5 Å². The van der Waals surface area contributed by atoms with E-state index < -0.39 is 66.6 Å². The van der Waals surface area contributed by atoms with Crippen LogP contribution in [0.25, 0.3) is 0 Å². The van der Waals surface area contributed by atoms with Gasteiger partial charge in [-0.3, -0.25) is 9.59 Å². The Morgan fingerprint density at radius 2 is 1.81 bits per heavy atom. The second-order valence-electron chi connectivity index (χ2n) is 16.3. The number of ketones is 2. The van der Waals surface area contributed by atoms with Crippen LogP contribution < -0.4 is 11.1 Å². The van der Waals surface area contributed by atoms with Gasteiger partial charge in [0.15, 0.2) is 12.1 Å². The highest BCUT2D eigenvalue weighted by Gasteiger charge is 2.63. The van der Waals surface area contributed by atoms with Crippen molar-refractivity contribution < 1.29 is 44.6 Å². The van der Waals surface area contributed by atoms with Crippen LogP contribution in [0.2, 0.25) is 0 Å². The lowest BCUT2D eigenvalue weighted by atomic mass is 9.59. The van der Waals surface area contributed by atoms with Gasteiger partial charge in [-0.15, -0.1) is 0 Å². The van der Waals surface area contributed by atoms with E-state index in [1.165, 1.54) is 18.9 Å². The molecule has 11 heteroatoms. The number of allylic oxidation sites excluding steroid dienone is 4. The van der Waals surface area contributed by atoms with E-state index in [1.807, 2.05) is 0 Å². The summed E-state index contributed by atoms with van der Waals surface area (Å²) in [6.07, 6.45) is 7.11. The van der Waals surface area contributed by atoms with Crippen LogP contribution in [0.4, 0.5) is 0 Å². The summed E-state index contributed by atoms with van der Waals surface area (Å²) in [7, 11) is 0. The number of piperidine rings is 1. The lowest BCUT2D eigenvalue weighted by Crippen LogP contribution is -2.69. The van der Waals surface area contributed by atoms with Gasteiger partial charge in [-0.25, -0.2) is 0 Å². The first kappa shape index (κ1) is 33.8. The second-order valence-corrected chi connectivity index (χ2v) is 16.3. The Kier molecular flexibility index (Phi) is 9.03. The van der Waals surface area contributed by atoms with E-state index in [1.54, 1.807) is 13.0 Å². The predicted octanol–water partition coefficient (Wildman–Crippen LogP) is 2.15. The standard InChI is InChI=1S/C36H54N2O9/c1-19-13-22-27(23(40)14-19)30(42)28-21(29(22)41)5-4-6-24(28)46-33-32(44)36(45,31(43)25(16-39)47-33)18-35(20-7-12-38-26(37)15-20)11-10-34(17-35)8-2-3-9-34/h13-14,20-22,24-28,31-33,38-40,43-45H,2-12,15-18,37H2,1H3. The maximum Gasteiger partial charge on any atom is 0.187 e. The van der Waals surface area contributed by atoms with Crippen LogP contribution in [0.15, 0.2) is 23.5 Å². The summed E-state index contributed by atoms with van der Waals surface area (Å²) >= 11 is 0. The van der Waals surface area contributed by atoms with E-state index in [0.717, 1.165) is 57.1 Å². The molecule has 0 radical (unpaired) electrons. The van der Waals surface area contributed by atoms with Crippen LogP contribution in [-0.4, -0.2) is 92.7 Å². The Hall–Kier alpha value is -1.70. The maximum absolute atomic E-state index is 14.0. The molecule has 7 aliphatic rings. The van der Waals surface area contributed by atoms with Gasteiger partial charge < -0.3 is 46.1 Å². The predicted molar refractivity (Wildman–Crippen MR) is 170 cm³/mol. The van der Waals surface area contributed by atoms with Gasteiger partial charge in [-0.05, 0) is 101 Å². The molecule has 0 aromatic rings. The smallest absolute Gasteiger partial charge is 0.187 e. The van der Waals surface area contributed by atoms with Crippen LogP contribution in [0, 0.1) is 40.4 Å². The van der Waals surface area contributed by atoms with Crippen molar-refractivity contribution in [2.24, 2.45) is 46.2 Å². The molecule has 1 spiro atoms. The highest BCUT2D eigenvalue weighted by molar-refractivity contribution is 6.02. The van der Waals surface area contributed by atoms with E-state index in [0.29, 0.717) is 19.3 Å². The van der Waals surface area contributed by atoms with Crippen molar-refractivity contribution in [1.82, 2.24) is 5.32 Å². The minimum Gasteiger partial charge on any atom is -0.512 e. The average Bonchev–Trinajstić information content (AvgIpc) is 3.66. The molecule has 0 aromatic heterocycles. The first-order valence-electron chi connectivity index (χ1n) is 18.1. The maximum atomic E-state index is 14.0. The van der Waals surface area contributed by atoms with Crippen molar-refractivity contribution in [2.45, 2.75) is 133 Å². The molecule has 2 aliphatic heterocycles. The Balaban J connectivity index is 1.17. The number of nitrogens with two attached hydrogens (primary N) is 1. The zero-order valence-corrected chi connectivity index (χ0v) is 27.6. The number of aliphatic hydroxyl groups is 5. The molecule has 2 saturated heterocycles. The van der Waals surface area contributed by atoms with Gasteiger partial charge in [-0.2, -0.15) is 0 Å². The van der Waals surface area contributed by atoms with Crippen molar-refractivity contribution in [3.8, 4) is 0 Å². The summed E-state index contributed by atoms with van der Waals surface area (Å²) in [5, 5.41) is 60.5. The fourth-order valence-electron chi connectivity index (χ4n) is 11.4. The van der Waals surface area contributed by atoms with E-state index in [-0.39, 0.29) is 46.7 Å². The molecular formula is C36H54N2O9. The number of fused-ring (bicyclic) bond motifs is 2. The zero-order chi connectivity index (χ0) is 33.3. The minimum absolute atomic E-state index is 0.0960. The van der Waals surface area contributed by atoms with Gasteiger partial charge in [0.05, 0.1) is 36.6 Å². The number of carbonyl (C=O) groups is 2. The van der Waals surface area contributed by atoms with Crippen LogP contribution in [0.1, 0.15) is 90.4 Å². The van der Waals surface area contributed by atoms with Crippen LogP contribution >= 0.6 is 0 Å². The second kappa shape index (κ2) is 12.6. The number of carbonyl (C=O) groups excluding carboxylic acids is 2. The lowest BCUT2D eigenvalue weighted by molar-refractivity contribution is -0.350. The molecule has 0 aromatic carbocycles. The molecule has 13 atom stereocenters. The summed E-state index contributed by atoms with van der Waals surface area (Å²) in [5.74, 6) is -3.42. The normalized spacial score (nSPS) is 48.2. The summed E-state index contributed by atoms with van der Waals surface area (Å²) in [6, 6.07) is 0. The summed E-state index contributed by atoms with van der Waals surface area (Å²) in [5.41, 5.74) is 4.89. The molecule has 0 amide bonds. The first-order chi connectivity index (χ1) is 22.4. The Morgan fingerprint density at radius 1 is 1.04 bits per heavy atom. The molecule has 7 rings (SSSR count). The largest absolute Gasteiger partial charge is 0.512 e. The van der Waals surface area contributed by atoms with Gasteiger partial charge in [0.25, 0.3) is 0 Å². The third kappa shape index (κ3) is 5.66. The Bertz CT molecular complexity index is 1300. The number of rotatable bonds is 6. The molecule has 5 aliphatic carbocycles. The summed E-state index contributed by atoms with van der Waals surface area (Å²) < 4.78 is 12.4. The molecular weight excluding hydrogens is 604 g/mol. The van der Waals surface area contributed by atoms with Crippen molar-refractivity contribution >= 4 is 11.6 Å².